The number of phenolic OH excluding ortho intramolecular Hbond substituents is 1. The fraction of sp³-hybridized carbons (Fsp3) is 0.571. The van der Waals surface area contributed by atoms with Crippen LogP contribution >= 0.6 is 0 Å². The number of nitrogens with two attached hydrogens (primary N) is 1. The maximum Gasteiger partial charge on any atom is 0.115 e. The Balaban J connectivity index is 1.83. The minimum absolute atomic E-state index is 0.350. The summed E-state index contributed by atoms with van der Waals surface area (Å²) in [7, 11) is 0. The summed E-state index contributed by atoms with van der Waals surface area (Å²) in [5.74, 6) is 0.350. The number of rotatable bonds is 4. The van der Waals surface area contributed by atoms with E-state index >= 15 is 0 Å². The van der Waals surface area contributed by atoms with E-state index in [2.05, 4.69) is 22.8 Å². The zero-order valence-electron chi connectivity index (χ0n) is 11.0. The molecular formula is C14H23N3O. The lowest BCUT2D eigenvalue weighted by Crippen LogP contribution is -2.50. The van der Waals surface area contributed by atoms with Crippen LogP contribution in [-0.2, 0) is 6.54 Å². The second-order valence-corrected chi connectivity index (χ2v) is 5.07. The maximum absolute atomic E-state index is 9.45. The van der Waals surface area contributed by atoms with Crippen molar-refractivity contribution < 1.29 is 5.11 Å². The predicted molar refractivity (Wildman–Crippen MR) is 73.5 cm³/mol. The van der Waals surface area contributed by atoms with Crippen molar-refractivity contribution in [2.75, 3.05) is 32.7 Å². The molecule has 0 aliphatic carbocycles. The van der Waals surface area contributed by atoms with Crippen LogP contribution in [0.15, 0.2) is 24.3 Å². The Labute approximate surface area is 109 Å². The van der Waals surface area contributed by atoms with E-state index in [9.17, 15) is 5.11 Å². The Morgan fingerprint density at radius 3 is 2.61 bits per heavy atom. The molecule has 4 nitrogen and oxygen atoms in total. The Kier molecular flexibility index (Phi) is 4.58. The van der Waals surface area contributed by atoms with Crippen LogP contribution in [0, 0.1) is 0 Å². The van der Waals surface area contributed by atoms with Gasteiger partial charge in [-0.05, 0) is 24.6 Å². The molecule has 1 aliphatic rings. The molecule has 100 valence electrons. The monoisotopic (exact) mass is 249 g/mol. The molecule has 0 aromatic heterocycles. The molecule has 2 rings (SSSR count). The van der Waals surface area contributed by atoms with E-state index in [1.54, 1.807) is 6.07 Å². The molecule has 4 heteroatoms. The van der Waals surface area contributed by atoms with Crippen molar-refractivity contribution in [3.8, 4) is 5.75 Å². The highest BCUT2D eigenvalue weighted by atomic mass is 16.3. The van der Waals surface area contributed by atoms with E-state index in [4.69, 9.17) is 5.73 Å². The van der Waals surface area contributed by atoms with Gasteiger partial charge in [-0.15, -0.1) is 0 Å². The van der Waals surface area contributed by atoms with Gasteiger partial charge in [0.1, 0.15) is 5.75 Å². The van der Waals surface area contributed by atoms with Gasteiger partial charge in [0.05, 0.1) is 0 Å². The van der Waals surface area contributed by atoms with Crippen molar-refractivity contribution in [2.45, 2.75) is 19.5 Å². The number of hydrogen-bond donors (Lipinski definition) is 2. The highest BCUT2D eigenvalue weighted by Gasteiger charge is 2.20. The van der Waals surface area contributed by atoms with Gasteiger partial charge in [-0.25, -0.2) is 0 Å². The number of nitrogens with zero attached hydrogens (tertiary/aromatic N) is 2. The molecule has 1 atom stereocenters. The average Bonchev–Trinajstić information content (AvgIpc) is 2.39. The summed E-state index contributed by atoms with van der Waals surface area (Å²) >= 11 is 0. The average molecular weight is 249 g/mol. The Hall–Kier alpha value is -1.10. The maximum atomic E-state index is 9.45. The second-order valence-electron chi connectivity index (χ2n) is 5.07. The molecule has 1 heterocycles. The van der Waals surface area contributed by atoms with Crippen molar-refractivity contribution in [1.82, 2.24) is 9.80 Å². The zero-order chi connectivity index (χ0) is 13.0. The van der Waals surface area contributed by atoms with Crippen molar-refractivity contribution in [3.05, 3.63) is 29.8 Å². The third-order valence-electron chi connectivity index (χ3n) is 3.69. The van der Waals surface area contributed by atoms with Crippen LogP contribution in [-0.4, -0.2) is 53.7 Å². The van der Waals surface area contributed by atoms with Gasteiger partial charge in [-0.2, -0.15) is 0 Å². The first-order valence-electron chi connectivity index (χ1n) is 6.63. The Morgan fingerprint density at radius 2 is 2.00 bits per heavy atom. The molecule has 0 saturated carbocycles. The quantitative estimate of drug-likeness (QED) is 0.831. The topological polar surface area (TPSA) is 52.7 Å². The molecule has 1 aromatic carbocycles. The van der Waals surface area contributed by atoms with Crippen LogP contribution in [0.3, 0.4) is 0 Å². The molecule has 0 radical (unpaired) electrons. The molecule has 1 aliphatic heterocycles. The third kappa shape index (κ3) is 3.45. The first-order chi connectivity index (χ1) is 8.69. The molecule has 1 fully saturated rings. The molecule has 0 spiro atoms. The minimum Gasteiger partial charge on any atom is -0.508 e. The summed E-state index contributed by atoms with van der Waals surface area (Å²) < 4.78 is 0. The molecule has 1 aromatic rings. The predicted octanol–water partition coefficient (Wildman–Crippen LogP) is 0.857. The fourth-order valence-electron chi connectivity index (χ4n) is 2.42. The zero-order valence-corrected chi connectivity index (χ0v) is 11.0. The van der Waals surface area contributed by atoms with Gasteiger partial charge in [0.2, 0.25) is 0 Å². The molecule has 1 unspecified atom stereocenters. The summed E-state index contributed by atoms with van der Waals surface area (Å²) in [4.78, 5) is 4.87. The van der Waals surface area contributed by atoms with E-state index < -0.39 is 0 Å². The van der Waals surface area contributed by atoms with Crippen LogP contribution in [0.4, 0.5) is 0 Å². The smallest absolute Gasteiger partial charge is 0.115 e. The number of phenols is 1. The largest absolute Gasteiger partial charge is 0.508 e. The summed E-state index contributed by atoms with van der Waals surface area (Å²) in [6.45, 7) is 8.13. The molecule has 18 heavy (non-hydrogen) atoms. The van der Waals surface area contributed by atoms with Crippen LogP contribution in [0.1, 0.15) is 12.5 Å². The standard InChI is InChI=1S/C14H23N3O/c1-12(10-15)17-7-5-16(6-8-17)11-13-3-2-4-14(18)9-13/h2-4,9,12,18H,5-8,10-11,15H2,1H3. The van der Waals surface area contributed by atoms with Gasteiger partial charge >= 0.3 is 0 Å². The highest BCUT2D eigenvalue weighted by molar-refractivity contribution is 5.27. The lowest BCUT2D eigenvalue weighted by molar-refractivity contribution is 0.100. The van der Waals surface area contributed by atoms with Gasteiger partial charge in [0.25, 0.3) is 0 Å². The fourth-order valence-corrected chi connectivity index (χ4v) is 2.42. The van der Waals surface area contributed by atoms with Crippen LogP contribution in [0.5, 0.6) is 5.75 Å². The number of aromatic hydroxyl groups is 1. The summed E-state index contributed by atoms with van der Waals surface area (Å²) in [6.07, 6.45) is 0. The molecule has 0 bridgehead atoms. The number of piperazine rings is 1. The van der Waals surface area contributed by atoms with Gasteiger partial charge < -0.3 is 10.8 Å². The SMILES string of the molecule is CC(CN)N1CCN(Cc2cccc(O)c2)CC1. The number of hydrogen-bond acceptors (Lipinski definition) is 4. The minimum atomic E-state index is 0.350. The summed E-state index contributed by atoms with van der Waals surface area (Å²) in [5, 5.41) is 9.45. The first kappa shape index (κ1) is 13.3. The third-order valence-corrected chi connectivity index (χ3v) is 3.69. The summed E-state index contributed by atoms with van der Waals surface area (Å²) in [5.41, 5.74) is 6.87. The van der Waals surface area contributed by atoms with E-state index in [1.807, 2.05) is 12.1 Å². The molecular weight excluding hydrogens is 226 g/mol. The van der Waals surface area contributed by atoms with E-state index in [-0.39, 0.29) is 0 Å². The first-order valence-corrected chi connectivity index (χ1v) is 6.63. The summed E-state index contributed by atoms with van der Waals surface area (Å²) in [6, 6.07) is 8.00. The van der Waals surface area contributed by atoms with E-state index in [0.717, 1.165) is 39.3 Å². The van der Waals surface area contributed by atoms with Crippen molar-refractivity contribution >= 4 is 0 Å². The van der Waals surface area contributed by atoms with Crippen molar-refractivity contribution in [2.24, 2.45) is 5.73 Å². The van der Waals surface area contributed by atoms with Crippen LogP contribution in [0.25, 0.3) is 0 Å². The van der Waals surface area contributed by atoms with Gasteiger partial charge in [-0.1, -0.05) is 12.1 Å². The van der Waals surface area contributed by atoms with Crippen LogP contribution < -0.4 is 5.73 Å². The van der Waals surface area contributed by atoms with Gasteiger partial charge in [0, 0.05) is 45.3 Å². The highest BCUT2D eigenvalue weighted by Crippen LogP contribution is 2.14. The molecule has 0 amide bonds. The second kappa shape index (κ2) is 6.18. The molecule has 3 N–H and O–H groups in total. The van der Waals surface area contributed by atoms with Gasteiger partial charge in [-0.3, -0.25) is 9.80 Å². The molecule has 1 saturated heterocycles. The Morgan fingerprint density at radius 1 is 1.28 bits per heavy atom. The lowest BCUT2D eigenvalue weighted by atomic mass is 10.1. The lowest BCUT2D eigenvalue weighted by Gasteiger charge is -2.37. The normalized spacial score (nSPS) is 19.9. The van der Waals surface area contributed by atoms with Crippen molar-refractivity contribution in [1.29, 1.82) is 0 Å². The Bertz CT molecular complexity index is 375. The van der Waals surface area contributed by atoms with E-state index in [1.165, 1.54) is 5.56 Å². The van der Waals surface area contributed by atoms with E-state index in [0.29, 0.717) is 11.8 Å². The van der Waals surface area contributed by atoms with Crippen molar-refractivity contribution in [3.63, 3.8) is 0 Å². The van der Waals surface area contributed by atoms with Crippen LogP contribution in [0.2, 0.25) is 0 Å². The van der Waals surface area contributed by atoms with Gasteiger partial charge in [0.15, 0.2) is 0 Å². The number of benzene rings is 1.